The molecule has 0 aliphatic carbocycles. The zero-order valence-electron chi connectivity index (χ0n) is 22.6. The predicted molar refractivity (Wildman–Crippen MR) is 160 cm³/mol. The molecule has 1 aliphatic rings. The molecule has 0 fully saturated rings. The van der Waals surface area contributed by atoms with E-state index in [0.29, 0.717) is 39.5 Å². The number of benzene rings is 4. The van der Waals surface area contributed by atoms with Gasteiger partial charge in [0.2, 0.25) is 5.88 Å². The summed E-state index contributed by atoms with van der Waals surface area (Å²) < 4.78 is 23.3. The molecule has 212 valence electrons. The molecule has 7 nitrogen and oxygen atoms in total. The third kappa shape index (κ3) is 6.46. The fourth-order valence-corrected chi connectivity index (χ4v) is 4.96. The van der Waals surface area contributed by atoms with Gasteiger partial charge in [-0.1, -0.05) is 65.7 Å². The van der Waals surface area contributed by atoms with Crippen LogP contribution in [0.2, 0.25) is 10.0 Å². The lowest BCUT2D eigenvalue weighted by Crippen LogP contribution is -2.21. The highest BCUT2D eigenvalue weighted by Crippen LogP contribution is 2.45. The Hall–Kier alpha value is -4.64. The summed E-state index contributed by atoms with van der Waals surface area (Å²) in [6, 6.07) is 27.1. The molecule has 9 heteroatoms. The summed E-state index contributed by atoms with van der Waals surface area (Å²) in [7, 11) is 0. The minimum absolute atomic E-state index is 0.0309. The largest absolute Gasteiger partial charge is 0.490 e. The first-order chi connectivity index (χ1) is 20.4. The number of ether oxygens (including phenoxy) is 4. The van der Waals surface area contributed by atoms with Crippen molar-refractivity contribution in [3.05, 3.63) is 129 Å². The van der Waals surface area contributed by atoms with Crippen LogP contribution in [0.3, 0.4) is 0 Å². The number of halogens is 2. The van der Waals surface area contributed by atoms with E-state index < -0.39 is 11.9 Å². The van der Waals surface area contributed by atoms with Gasteiger partial charge in [0.05, 0.1) is 18.9 Å². The van der Waals surface area contributed by atoms with E-state index >= 15 is 0 Å². The lowest BCUT2D eigenvalue weighted by atomic mass is 9.83. The van der Waals surface area contributed by atoms with Gasteiger partial charge in [0, 0.05) is 27.2 Å². The van der Waals surface area contributed by atoms with Gasteiger partial charge in [0.15, 0.2) is 11.5 Å². The van der Waals surface area contributed by atoms with E-state index in [4.69, 9.17) is 47.9 Å². The fraction of sp³-hybridized carbons (Fsp3) is 0.152. The van der Waals surface area contributed by atoms with Crippen LogP contribution in [0.15, 0.2) is 96.4 Å². The summed E-state index contributed by atoms with van der Waals surface area (Å²) in [6.07, 6.45) is 0.0729. The SMILES string of the molecule is CCOc1cc(C2C(C#N)=C(N)Oc3cc(OC(=O)Cc4ccc(Cl)cc4)ccc32)ccc1OCc1ccccc1Cl. The highest BCUT2D eigenvalue weighted by molar-refractivity contribution is 6.31. The molecule has 0 spiro atoms. The number of carbonyl (C=O) groups excluding carboxylic acids is 1. The summed E-state index contributed by atoms with van der Waals surface area (Å²) in [5.74, 6) is 0.693. The summed E-state index contributed by atoms with van der Waals surface area (Å²) in [4.78, 5) is 12.6. The summed E-state index contributed by atoms with van der Waals surface area (Å²) in [5, 5.41) is 11.2. The molecule has 2 N–H and O–H groups in total. The van der Waals surface area contributed by atoms with Gasteiger partial charge in [-0.3, -0.25) is 4.79 Å². The van der Waals surface area contributed by atoms with E-state index in [1.54, 1.807) is 48.5 Å². The molecule has 1 heterocycles. The zero-order chi connectivity index (χ0) is 29.6. The first kappa shape index (κ1) is 28.9. The summed E-state index contributed by atoms with van der Waals surface area (Å²) in [5.41, 5.74) is 9.50. The van der Waals surface area contributed by atoms with Crippen LogP contribution in [0.25, 0.3) is 0 Å². The fourth-order valence-electron chi connectivity index (χ4n) is 4.64. The first-order valence-electron chi connectivity index (χ1n) is 13.2. The van der Waals surface area contributed by atoms with Gasteiger partial charge < -0.3 is 24.7 Å². The summed E-state index contributed by atoms with van der Waals surface area (Å²) >= 11 is 12.2. The number of nitriles is 1. The van der Waals surface area contributed by atoms with Gasteiger partial charge >= 0.3 is 5.97 Å². The number of hydrogen-bond donors (Lipinski definition) is 1. The third-order valence-corrected chi connectivity index (χ3v) is 7.25. The molecule has 0 aromatic heterocycles. The number of esters is 1. The van der Waals surface area contributed by atoms with E-state index in [1.807, 2.05) is 43.3 Å². The van der Waals surface area contributed by atoms with Crippen molar-refractivity contribution < 1.29 is 23.7 Å². The number of carbonyl (C=O) groups is 1. The van der Waals surface area contributed by atoms with Crippen molar-refractivity contribution in [1.82, 2.24) is 0 Å². The standard InChI is InChI=1S/C33H26Cl2N2O5/c1-2-39-30-16-21(9-14-28(30)40-19-22-5-3-4-6-27(22)35)32-25-13-12-24(17-29(25)42-33(37)26(32)18-36)41-31(38)15-20-7-10-23(34)11-8-20/h3-14,16-17,32H,2,15,19,37H2,1H3. The van der Waals surface area contributed by atoms with Crippen molar-refractivity contribution in [3.8, 4) is 29.1 Å². The van der Waals surface area contributed by atoms with Crippen LogP contribution in [0, 0.1) is 11.3 Å². The van der Waals surface area contributed by atoms with Crippen LogP contribution in [-0.2, 0) is 17.8 Å². The summed E-state index contributed by atoms with van der Waals surface area (Å²) in [6.45, 7) is 2.54. The van der Waals surface area contributed by atoms with Crippen LogP contribution in [0.4, 0.5) is 0 Å². The number of nitrogens with two attached hydrogens (primary N) is 1. The minimum Gasteiger partial charge on any atom is -0.490 e. The number of fused-ring (bicyclic) bond motifs is 1. The Morgan fingerprint density at radius 1 is 0.976 bits per heavy atom. The van der Waals surface area contributed by atoms with Crippen molar-refractivity contribution in [2.75, 3.05) is 6.61 Å². The second-order valence-corrected chi connectivity index (χ2v) is 10.3. The van der Waals surface area contributed by atoms with Crippen molar-refractivity contribution in [3.63, 3.8) is 0 Å². The van der Waals surface area contributed by atoms with Gasteiger partial charge in [-0.05, 0) is 54.4 Å². The van der Waals surface area contributed by atoms with Crippen LogP contribution in [0.5, 0.6) is 23.0 Å². The Bertz CT molecular complexity index is 1700. The molecule has 42 heavy (non-hydrogen) atoms. The molecule has 0 saturated heterocycles. The van der Waals surface area contributed by atoms with Gasteiger partial charge in [-0.2, -0.15) is 5.26 Å². The molecule has 5 rings (SSSR count). The molecule has 1 unspecified atom stereocenters. The quantitative estimate of drug-likeness (QED) is 0.158. The monoisotopic (exact) mass is 600 g/mol. The number of rotatable bonds is 9. The maximum Gasteiger partial charge on any atom is 0.315 e. The molecule has 0 amide bonds. The average molecular weight is 601 g/mol. The molecule has 1 aliphatic heterocycles. The van der Waals surface area contributed by atoms with E-state index in [9.17, 15) is 10.1 Å². The Balaban J connectivity index is 1.41. The van der Waals surface area contributed by atoms with Crippen molar-refractivity contribution >= 4 is 29.2 Å². The second kappa shape index (κ2) is 12.9. The molecule has 0 radical (unpaired) electrons. The van der Waals surface area contributed by atoms with Gasteiger partial charge in [-0.25, -0.2) is 0 Å². The number of allylic oxidation sites excluding steroid dienone is 1. The third-order valence-electron chi connectivity index (χ3n) is 6.63. The number of hydrogen-bond acceptors (Lipinski definition) is 7. The van der Waals surface area contributed by atoms with Crippen LogP contribution in [0.1, 0.15) is 35.1 Å². The Morgan fingerprint density at radius 3 is 2.50 bits per heavy atom. The highest BCUT2D eigenvalue weighted by atomic mass is 35.5. The maximum absolute atomic E-state index is 12.6. The Morgan fingerprint density at radius 2 is 1.76 bits per heavy atom. The van der Waals surface area contributed by atoms with Crippen LogP contribution in [-0.4, -0.2) is 12.6 Å². The van der Waals surface area contributed by atoms with Crippen LogP contribution < -0.4 is 24.7 Å². The molecular weight excluding hydrogens is 575 g/mol. The first-order valence-corrected chi connectivity index (χ1v) is 13.9. The predicted octanol–water partition coefficient (Wildman–Crippen LogP) is 7.34. The van der Waals surface area contributed by atoms with Gasteiger partial charge in [-0.15, -0.1) is 0 Å². The van der Waals surface area contributed by atoms with E-state index in [0.717, 1.165) is 16.7 Å². The van der Waals surface area contributed by atoms with Crippen molar-refractivity contribution in [2.45, 2.75) is 25.9 Å². The molecule has 1 atom stereocenters. The lowest BCUT2D eigenvalue weighted by molar-refractivity contribution is -0.133. The van der Waals surface area contributed by atoms with Crippen LogP contribution >= 0.6 is 23.2 Å². The smallest absolute Gasteiger partial charge is 0.315 e. The topological polar surface area (TPSA) is 104 Å². The Labute approximate surface area is 253 Å². The zero-order valence-corrected chi connectivity index (χ0v) is 24.1. The van der Waals surface area contributed by atoms with Crippen molar-refractivity contribution in [1.29, 1.82) is 5.26 Å². The molecule has 0 saturated carbocycles. The Kier molecular flexibility index (Phi) is 8.87. The van der Waals surface area contributed by atoms with E-state index in [-0.39, 0.29) is 30.2 Å². The van der Waals surface area contributed by atoms with E-state index in [1.165, 1.54) is 0 Å². The van der Waals surface area contributed by atoms with Gasteiger partial charge in [0.25, 0.3) is 0 Å². The minimum atomic E-state index is -0.547. The molecule has 0 bridgehead atoms. The van der Waals surface area contributed by atoms with Crippen molar-refractivity contribution in [2.24, 2.45) is 5.73 Å². The van der Waals surface area contributed by atoms with E-state index in [2.05, 4.69) is 6.07 Å². The van der Waals surface area contributed by atoms with Gasteiger partial charge in [0.1, 0.15) is 29.7 Å². The maximum atomic E-state index is 12.6. The molecular formula is C33H26Cl2N2O5. The molecule has 4 aromatic carbocycles. The highest BCUT2D eigenvalue weighted by Gasteiger charge is 2.32. The number of nitrogens with zero attached hydrogens (tertiary/aromatic N) is 1. The molecule has 4 aromatic rings. The lowest BCUT2D eigenvalue weighted by Gasteiger charge is -2.27. The second-order valence-electron chi connectivity index (χ2n) is 9.42. The average Bonchev–Trinajstić information content (AvgIpc) is 2.98. The normalized spacial score (nSPS) is 13.9.